The molecule has 1 aliphatic heterocycles. The van der Waals surface area contributed by atoms with Crippen molar-refractivity contribution in [1.82, 2.24) is 0 Å². The van der Waals surface area contributed by atoms with Crippen LogP contribution >= 0.6 is 10.7 Å². The fourth-order valence-corrected chi connectivity index (χ4v) is 3.27. The van der Waals surface area contributed by atoms with Crippen LogP contribution < -0.4 is 0 Å². The highest BCUT2D eigenvalue weighted by atomic mass is 35.7. The van der Waals surface area contributed by atoms with Gasteiger partial charge in [0.25, 0.3) is 0 Å². The zero-order chi connectivity index (χ0) is 9.53. The van der Waals surface area contributed by atoms with Crippen LogP contribution in [0.2, 0.25) is 0 Å². The van der Waals surface area contributed by atoms with Crippen molar-refractivity contribution >= 4 is 19.7 Å². The fraction of sp³-hybridized carbons (Fsp3) is 1.00. The van der Waals surface area contributed by atoms with E-state index in [1.807, 2.05) is 0 Å². The first-order valence-electron chi connectivity index (χ1n) is 4.59. The van der Waals surface area contributed by atoms with Crippen molar-refractivity contribution in [1.29, 1.82) is 0 Å². The standard InChI is InChI=1S/C8H13ClO3S/c9-13(10,11)6-7-2-5-8(12-7)3-1-4-8/h7H,1-6H2. The van der Waals surface area contributed by atoms with Crippen LogP contribution in [0.5, 0.6) is 0 Å². The molecule has 13 heavy (non-hydrogen) atoms. The smallest absolute Gasteiger partial charge is 0.235 e. The summed E-state index contributed by atoms with van der Waals surface area (Å²) in [5, 5.41) is 0. The Bertz CT molecular complexity index is 295. The molecule has 0 N–H and O–H groups in total. The zero-order valence-electron chi connectivity index (χ0n) is 7.33. The van der Waals surface area contributed by atoms with Gasteiger partial charge in [0.2, 0.25) is 9.05 Å². The molecule has 1 heterocycles. The molecule has 1 saturated carbocycles. The Morgan fingerprint density at radius 2 is 2.08 bits per heavy atom. The first kappa shape index (κ1) is 9.74. The van der Waals surface area contributed by atoms with E-state index >= 15 is 0 Å². The average molecular weight is 225 g/mol. The molecule has 1 aliphatic carbocycles. The topological polar surface area (TPSA) is 43.4 Å². The van der Waals surface area contributed by atoms with Gasteiger partial charge < -0.3 is 4.74 Å². The van der Waals surface area contributed by atoms with E-state index in [0.29, 0.717) is 0 Å². The van der Waals surface area contributed by atoms with Crippen molar-refractivity contribution in [2.24, 2.45) is 0 Å². The van der Waals surface area contributed by atoms with Crippen molar-refractivity contribution in [3.63, 3.8) is 0 Å². The molecule has 0 aromatic carbocycles. The van der Waals surface area contributed by atoms with Crippen molar-refractivity contribution in [3.05, 3.63) is 0 Å². The lowest BCUT2D eigenvalue weighted by atomic mass is 9.78. The first-order chi connectivity index (χ1) is 5.99. The summed E-state index contributed by atoms with van der Waals surface area (Å²) >= 11 is 0. The minimum Gasteiger partial charge on any atom is -0.371 e. The minimum absolute atomic E-state index is 0.0314. The summed E-state index contributed by atoms with van der Waals surface area (Å²) < 4.78 is 27.3. The third-order valence-corrected chi connectivity index (χ3v) is 4.14. The lowest BCUT2D eigenvalue weighted by molar-refractivity contribution is -0.0841. The molecule has 0 aromatic rings. The van der Waals surface area contributed by atoms with Gasteiger partial charge in [-0.3, -0.25) is 0 Å². The van der Waals surface area contributed by atoms with Crippen molar-refractivity contribution in [2.45, 2.75) is 43.8 Å². The van der Waals surface area contributed by atoms with Crippen LogP contribution in [0.4, 0.5) is 0 Å². The summed E-state index contributed by atoms with van der Waals surface area (Å²) in [5.41, 5.74) is 0.0340. The minimum atomic E-state index is -3.39. The van der Waals surface area contributed by atoms with Crippen molar-refractivity contribution < 1.29 is 13.2 Å². The SMILES string of the molecule is O=S(=O)(Cl)CC1CCC2(CCC2)O1. The monoisotopic (exact) mass is 224 g/mol. The molecule has 0 aromatic heterocycles. The Balaban J connectivity index is 1.91. The van der Waals surface area contributed by atoms with E-state index in [0.717, 1.165) is 25.7 Å². The third kappa shape index (κ3) is 2.17. The second-order valence-electron chi connectivity index (χ2n) is 4.02. The van der Waals surface area contributed by atoms with E-state index in [-0.39, 0.29) is 17.5 Å². The van der Waals surface area contributed by atoms with Gasteiger partial charge in [-0.25, -0.2) is 8.42 Å². The average Bonchev–Trinajstić information content (AvgIpc) is 2.26. The maximum absolute atomic E-state index is 10.8. The Labute approximate surface area is 82.8 Å². The molecule has 3 nitrogen and oxygen atoms in total. The highest BCUT2D eigenvalue weighted by molar-refractivity contribution is 8.13. The highest BCUT2D eigenvalue weighted by Gasteiger charge is 2.45. The number of rotatable bonds is 2. The maximum atomic E-state index is 10.8. The predicted octanol–water partition coefficient (Wildman–Crippen LogP) is 1.66. The summed E-state index contributed by atoms with van der Waals surface area (Å²) in [6.45, 7) is 0. The van der Waals surface area contributed by atoms with E-state index < -0.39 is 9.05 Å². The zero-order valence-corrected chi connectivity index (χ0v) is 8.90. The highest BCUT2D eigenvalue weighted by Crippen LogP contribution is 2.45. The fourth-order valence-electron chi connectivity index (χ4n) is 2.17. The molecule has 76 valence electrons. The largest absolute Gasteiger partial charge is 0.371 e. The number of ether oxygens (including phenoxy) is 1. The van der Waals surface area contributed by atoms with Crippen LogP contribution in [0, 0.1) is 0 Å². The van der Waals surface area contributed by atoms with E-state index in [1.54, 1.807) is 0 Å². The molecular weight excluding hydrogens is 212 g/mol. The lowest BCUT2D eigenvalue weighted by Crippen LogP contribution is -2.37. The van der Waals surface area contributed by atoms with Crippen LogP contribution in [0.3, 0.4) is 0 Å². The second-order valence-corrected chi connectivity index (χ2v) is 6.84. The van der Waals surface area contributed by atoms with Gasteiger partial charge in [-0.1, -0.05) is 0 Å². The molecule has 2 aliphatic rings. The van der Waals surface area contributed by atoms with E-state index in [1.165, 1.54) is 6.42 Å². The van der Waals surface area contributed by atoms with Gasteiger partial charge >= 0.3 is 0 Å². The second kappa shape index (κ2) is 3.11. The van der Waals surface area contributed by atoms with E-state index in [4.69, 9.17) is 15.4 Å². The maximum Gasteiger partial charge on any atom is 0.235 e. The molecule has 1 saturated heterocycles. The van der Waals surface area contributed by atoms with Crippen LogP contribution in [-0.4, -0.2) is 25.9 Å². The molecule has 0 amide bonds. The molecule has 0 bridgehead atoms. The Kier molecular flexibility index (Phi) is 2.33. The normalized spacial score (nSPS) is 31.9. The summed E-state index contributed by atoms with van der Waals surface area (Å²) in [7, 11) is 1.77. The summed E-state index contributed by atoms with van der Waals surface area (Å²) in [5.74, 6) is -0.0314. The van der Waals surface area contributed by atoms with Gasteiger partial charge in [-0.2, -0.15) is 0 Å². The predicted molar refractivity (Wildman–Crippen MR) is 50.3 cm³/mol. The third-order valence-electron chi connectivity index (χ3n) is 2.99. The molecular formula is C8H13ClO3S. The van der Waals surface area contributed by atoms with Gasteiger partial charge in [0.1, 0.15) is 0 Å². The molecule has 0 radical (unpaired) electrons. The Morgan fingerprint density at radius 3 is 2.46 bits per heavy atom. The number of hydrogen-bond acceptors (Lipinski definition) is 3. The molecule has 5 heteroatoms. The summed E-state index contributed by atoms with van der Waals surface area (Å²) in [6.07, 6.45) is 5.07. The Hall–Kier alpha value is 0.200. The molecule has 1 unspecified atom stereocenters. The lowest BCUT2D eigenvalue weighted by Gasteiger charge is -2.37. The molecule has 2 rings (SSSR count). The van der Waals surface area contributed by atoms with Gasteiger partial charge in [0.15, 0.2) is 0 Å². The van der Waals surface area contributed by atoms with Crippen molar-refractivity contribution in [3.8, 4) is 0 Å². The Morgan fingerprint density at radius 1 is 1.38 bits per heavy atom. The van der Waals surface area contributed by atoms with Crippen LogP contribution in [0.1, 0.15) is 32.1 Å². The van der Waals surface area contributed by atoms with E-state index in [2.05, 4.69) is 0 Å². The molecule has 1 atom stereocenters. The van der Waals surface area contributed by atoms with Gasteiger partial charge in [-0.05, 0) is 32.1 Å². The first-order valence-corrected chi connectivity index (χ1v) is 7.07. The van der Waals surface area contributed by atoms with Gasteiger partial charge in [0, 0.05) is 10.7 Å². The van der Waals surface area contributed by atoms with Gasteiger partial charge in [-0.15, -0.1) is 0 Å². The summed E-state index contributed by atoms with van der Waals surface area (Å²) in [6, 6.07) is 0. The number of hydrogen-bond donors (Lipinski definition) is 0. The van der Waals surface area contributed by atoms with Crippen LogP contribution in [0.25, 0.3) is 0 Å². The van der Waals surface area contributed by atoms with E-state index in [9.17, 15) is 8.42 Å². The molecule has 1 spiro atoms. The number of halogens is 1. The molecule has 2 fully saturated rings. The summed E-state index contributed by atoms with van der Waals surface area (Å²) in [4.78, 5) is 0. The quantitative estimate of drug-likeness (QED) is 0.670. The van der Waals surface area contributed by atoms with Gasteiger partial charge in [0.05, 0.1) is 17.5 Å². The van der Waals surface area contributed by atoms with Crippen LogP contribution in [-0.2, 0) is 13.8 Å². The van der Waals surface area contributed by atoms with Crippen LogP contribution in [0.15, 0.2) is 0 Å². The van der Waals surface area contributed by atoms with Crippen molar-refractivity contribution in [2.75, 3.05) is 5.75 Å².